The summed E-state index contributed by atoms with van der Waals surface area (Å²) < 4.78 is 38.5. The molecule has 0 bridgehead atoms. The van der Waals surface area contributed by atoms with Gasteiger partial charge in [-0.1, -0.05) is 0 Å². The average molecular weight is 248 g/mol. The minimum absolute atomic E-state index is 0.0250. The Morgan fingerprint density at radius 3 is 2.62 bits per heavy atom. The Labute approximate surface area is 93.1 Å². The minimum atomic E-state index is -3.85. The zero-order chi connectivity index (χ0) is 12.3. The Kier molecular flexibility index (Phi) is 3.84. The molecule has 1 atom stereocenters. The fourth-order valence-electron chi connectivity index (χ4n) is 1.11. The van der Waals surface area contributed by atoms with Crippen molar-refractivity contribution in [2.45, 2.75) is 17.9 Å². The molecule has 5 nitrogen and oxygen atoms in total. The van der Waals surface area contributed by atoms with Gasteiger partial charge >= 0.3 is 0 Å². The van der Waals surface area contributed by atoms with Crippen molar-refractivity contribution in [1.29, 1.82) is 0 Å². The maximum Gasteiger partial charge on any atom is 0.241 e. The maximum absolute atomic E-state index is 13.0. The normalized spacial score (nSPS) is 13.7. The SMILES string of the molecule is C[C@@H](CO)NS(=O)(=O)c1cc(N)cc(F)c1. The van der Waals surface area contributed by atoms with E-state index in [9.17, 15) is 12.8 Å². The van der Waals surface area contributed by atoms with E-state index in [4.69, 9.17) is 10.8 Å². The van der Waals surface area contributed by atoms with Gasteiger partial charge in [0.1, 0.15) is 5.82 Å². The summed E-state index contributed by atoms with van der Waals surface area (Å²) in [6.45, 7) is 1.14. The third-order valence-corrected chi connectivity index (χ3v) is 3.40. The van der Waals surface area contributed by atoms with Gasteiger partial charge in [0.05, 0.1) is 11.5 Å². The molecule has 0 unspecified atom stereocenters. The van der Waals surface area contributed by atoms with Crippen LogP contribution in [0.4, 0.5) is 10.1 Å². The van der Waals surface area contributed by atoms with Crippen LogP contribution in [0.3, 0.4) is 0 Å². The summed E-state index contributed by atoms with van der Waals surface area (Å²) in [6, 6.07) is 2.39. The predicted molar refractivity (Wildman–Crippen MR) is 57.7 cm³/mol. The molecule has 7 heteroatoms. The molecule has 4 N–H and O–H groups in total. The van der Waals surface area contributed by atoms with E-state index in [1.807, 2.05) is 0 Å². The van der Waals surface area contributed by atoms with Crippen molar-refractivity contribution >= 4 is 15.7 Å². The molecular weight excluding hydrogens is 235 g/mol. The van der Waals surface area contributed by atoms with Crippen molar-refractivity contribution in [3.63, 3.8) is 0 Å². The number of benzene rings is 1. The first-order valence-electron chi connectivity index (χ1n) is 4.54. The maximum atomic E-state index is 13.0. The van der Waals surface area contributed by atoms with E-state index < -0.39 is 21.9 Å². The molecule has 1 aromatic carbocycles. The van der Waals surface area contributed by atoms with Crippen LogP contribution in [0.15, 0.2) is 23.1 Å². The molecule has 0 radical (unpaired) electrons. The van der Waals surface area contributed by atoms with Crippen LogP contribution in [0.5, 0.6) is 0 Å². The fraction of sp³-hybridized carbons (Fsp3) is 0.333. The Morgan fingerprint density at radius 2 is 2.12 bits per heavy atom. The third kappa shape index (κ3) is 3.16. The van der Waals surface area contributed by atoms with Crippen LogP contribution < -0.4 is 10.5 Å². The van der Waals surface area contributed by atoms with Gasteiger partial charge in [-0.15, -0.1) is 0 Å². The molecule has 0 amide bonds. The molecule has 1 aromatic rings. The number of nitrogens with two attached hydrogens (primary N) is 1. The van der Waals surface area contributed by atoms with E-state index in [0.29, 0.717) is 0 Å². The second-order valence-corrected chi connectivity index (χ2v) is 5.14. The molecule has 90 valence electrons. The van der Waals surface area contributed by atoms with E-state index in [-0.39, 0.29) is 17.2 Å². The lowest BCUT2D eigenvalue weighted by molar-refractivity contribution is 0.265. The van der Waals surface area contributed by atoms with E-state index in [0.717, 1.165) is 18.2 Å². The molecule has 0 saturated heterocycles. The Balaban J connectivity index is 3.07. The van der Waals surface area contributed by atoms with Crippen molar-refractivity contribution in [1.82, 2.24) is 4.72 Å². The number of hydrogen-bond acceptors (Lipinski definition) is 4. The van der Waals surface area contributed by atoms with Gasteiger partial charge in [-0.3, -0.25) is 0 Å². The smallest absolute Gasteiger partial charge is 0.241 e. The molecule has 0 saturated carbocycles. The van der Waals surface area contributed by atoms with Crippen LogP contribution in [-0.2, 0) is 10.0 Å². The largest absolute Gasteiger partial charge is 0.399 e. The average Bonchev–Trinajstić information content (AvgIpc) is 2.15. The number of sulfonamides is 1. The highest BCUT2D eigenvalue weighted by Gasteiger charge is 2.18. The molecule has 0 spiro atoms. The first kappa shape index (κ1) is 12.9. The number of rotatable bonds is 4. The third-order valence-electron chi connectivity index (χ3n) is 1.83. The van der Waals surface area contributed by atoms with Crippen LogP contribution in [0.1, 0.15) is 6.92 Å². The topological polar surface area (TPSA) is 92.4 Å². The number of nitrogen functional groups attached to an aromatic ring is 1. The number of nitrogens with one attached hydrogen (secondary N) is 1. The van der Waals surface area contributed by atoms with Crippen molar-refractivity contribution in [2.24, 2.45) is 0 Å². The Bertz CT molecular complexity index is 455. The Morgan fingerprint density at radius 1 is 1.50 bits per heavy atom. The predicted octanol–water partition coefficient (Wildman–Crippen LogP) is 0.0670. The van der Waals surface area contributed by atoms with Gasteiger partial charge in [-0.2, -0.15) is 0 Å². The lowest BCUT2D eigenvalue weighted by Crippen LogP contribution is -2.35. The first-order valence-corrected chi connectivity index (χ1v) is 6.02. The molecule has 0 aliphatic carbocycles. The van der Waals surface area contributed by atoms with Crippen molar-refractivity contribution in [3.8, 4) is 0 Å². The lowest BCUT2D eigenvalue weighted by Gasteiger charge is -2.11. The van der Waals surface area contributed by atoms with E-state index in [1.165, 1.54) is 6.92 Å². The zero-order valence-electron chi connectivity index (χ0n) is 8.64. The highest BCUT2D eigenvalue weighted by atomic mass is 32.2. The number of anilines is 1. The standard InChI is InChI=1S/C9H13FN2O3S/c1-6(5-13)12-16(14,15)9-3-7(10)2-8(11)4-9/h2-4,6,12-13H,5,11H2,1H3/t6-/m0/s1. The van der Waals surface area contributed by atoms with Crippen molar-refractivity contribution < 1.29 is 17.9 Å². The Hall–Kier alpha value is -1.18. The second-order valence-electron chi connectivity index (χ2n) is 3.43. The number of halogens is 1. The first-order chi connectivity index (χ1) is 7.35. The highest BCUT2D eigenvalue weighted by Crippen LogP contribution is 2.15. The van der Waals surface area contributed by atoms with Gasteiger partial charge in [-0.25, -0.2) is 17.5 Å². The summed E-state index contributed by atoms with van der Waals surface area (Å²) in [5.74, 6) is -0.725. The van der Waals surface area contributed by atoms with E-state index >= 15 is 0 Å². The summed E-state index contributed by atoms with van der Waals surface area (Å²) in [6.07, 6.45) is 0. The fourth-order valence-corrected chi connectivity index (χ4v) is 2.41. The molecule has 0 aromatic heterocycles. The van der Waals surface area contributed by atoms with Gasteiger partial charge < -0.3 is 10.8 Å². The van der Waals surface area contributed by atoms with Crippen LogP contribution in [0.2, 0.25) is 0 Å². The van der Waals surface area contributed by atoms with Gasteiger partial charge in [0.15, 0.2) is 0 Å². The van der Waals surface area contributed by atoms with E-state index in [1.54, 1.807) is 0 Å². The van der Waals surface area contributed by atoms with E-state index in [2.05, 4.69) is 4.72 Å². The lowest BCUT2D eigenvalue weighted by atomic mass is 10.3. The molecule has 0 fully saturated rings. The molecule has 16 heavy (non-hydrogen) atoms. The van der Waals surface area contributed by atoms with Crippen molar-refractivity contribution in [2.75, 3.05) is 12.3 Å². The molecule has 0 heterocycles. The molecular formula is C9H13FN2O3S. The summed E-state index contributed by atoms with van der Waals surface area (Å²) in [5, 5.41) is 8.73. The molecule has 1 rings (SSSR count). The number of aliphatic hydroxyl groups excluding tert-OH is 1. The van der Waals surface area contributed by atoms with Crippen LogP contribution in [0.25, 0.3) is 0 Å². The molecule has 0 aliphatic rings. The summed E-state index contributed by atoms with van der Waals surface area (Å²) in [7, 11) is -3.85. The highest BCUT2D eigenvalue weighted by molar-refractivity contribution is 7.89. The van der Waals surface area contributed by atoms with Crippen LogP contribution in [0, 0.1) is 5.82 Å². The van der Waals surface area contributed by atoms with Crippen molar-refractivity contribution in [3.05, 3.63) is 24.0 Å². The number of hydrogen-bond donors (Lipinski definition) is 3. The summed E-state index contributed by atoms with van der Waals surface area (Å²) in [5.41, 5.74) is 5.36. The summed E-state index contributed by atoms with van der Waals surface area (Å²) >= 11 is 0. The zero-order valence-corrected chi connectivity index (χ0v) is 9.46. The summed E-state index contributed by atoms with van der Waals surface area (Å²) in [4.78, 5) is -0.259. The van der Waals surface area contributed by atoms with Crippen LogP contribution in [-0.4, -0.2) is 26.2 Å². The second kappa shape index (κ2) is 4.77. The minimum Gasteiger partial charge on any atom is -0.399 e. The van der Waals surface area contributed by atoms with Gasteiger partial charge in [0.25, 0.3) is 0 Å². The quantitative estimate of drug-likeness (QED) is 0.657. The monoisotopic (exact) mass is 248 g/mol. The van der Waals surface area contributed by atoms with Gasteiger partial charge in [0.2, 0.25) is 10.0 Å². The van der Waals surface area contributed by atoms with Gasteiger partial charge in [-0.05, 0) is 25.1 Å². The number of aliphatic hydroxyl groups is 1. The molecule has 0 aliphatic heterocycles. The van der Waals surface area contributed by atoms with Crippen LogP contribution >= 0.6 is 0 Å². The van der Waals surface area contributed by atoms with Gasteiger partial charge in [0, 0.05) is 11.7 Å².